The molecule has 0 aromatic carbocycles. The highest BCUT2D eigenvalue weighted by Gasteiger charge is 2.32. The maximum atomic E-state index is 12.1. The molecule has 1 aromatic rings. The Bertz CT molecular complexity index is 426. The number of nitrogens with one attached hydrogen (secondary N) is 1. The van der Waals surface area contributed by atoms with Crippen LogP contribution in [0.4, 0.5) is 0 Å². The van der Waals surface area contributed by atoms with Gasteiger partial charge in [0, 0.05) is 12.2 Å². The Morgan fingerprint density at radius 3 is 2.88 bits per heavy atom. The predicted octanol–water partition coefficient (Wildman–Crippen LogP) is 2.70. The van der Waals surface area contributed by atoms with Crippen molar-refractivity contribution in [1.29, 1.82) is 0 Å². The van der Waals surface area contributed by atoms with Crippen LogP contribution in [0.25, 0.3) is 0 Å². The van der Waals surface area contributed by atoms with E-state index in [1.165, 1.54) is 6.42 Å². The minimum Gasteiger partial charge on any atom is -0.348 e. The fourth-order valence-electron chi connectivity index (χ4n) is 2.54. The number of nitrogens with zero attached hydrogens (tertiary/aromatic N) is 1. The van der Waals surface area contributed by atoms with Crippen molar-refractivity contribution >= 4 is 5.91 Å². The van der Waals surface area contributed by atoms with Crippen LogP contribution in [-0.2, 0) is 0 Å². The zero-order valence-corrected chi connectivity index (χ0v) is 10.8. The quantitative estimate of drug-likeness (QED) is 0.851. The third-order valence-corrected chi connectivity index (χ3v) is 3.53. The summed E-state index contributed by atoms with van der Waals surface area (Å²) < 4.78 is 0. The second-order valence-corrected chi connectivity index (χ2v) is 5.75. The average Bonchev–Trinajstić information content (AvgIpc) is 2.58. The molecule has 3 heteroatoms. The summed E-state index contributed by atoms with van der Waals surface area (Å²) in [6.07, 6.45) is 4.98. The van der Waals surface area contributed by atoms with Gasteiger partial charge in [-0.05, 0) is 43.2 Å². The molecule has 1 amide bonds. The van der Waals surface area contributed by atoms with E-state index in [2.05, 4.69) is 24.1 Å². The summed E-state index contributed by atoms with van der Waals surface area (Å²) in [6.45, 7) is 6.43. The zero-order chi connectivity index (χ0) is 12.5. The Morgan fingerprint density at radius 1 is 1.53 bits per heavy atom. The fourth-order valence-corrected chi connectivity index (χ4v) is 2.54. The first kappa shape index (κ1) is 12.1. The minimum atomic E-state index is -0.0363. The van der Waals surface area contributed by atoms with Crippen LogP contribution in [0.1, 0.15) is 49.2 Å². The first-order valence-corrected chi connectivity index (χ1v) is 6.20. The monoisotopic (exact) mass is 232 g/mol. The summed E-state index contributed by atoms with van der Waals surface area (Å²) in [7, 11) is 0. The van der Waals surface area contributed by atoms with E-state index in [-0.39, 0.29) is 5.91 Å². The van der Waals surface area contributed by atoms with E-state index >= 15 is 0 Å². The third-order valence-electron chi connectivity index (χ3n) is 3.53. The van der Waals surface area contributed by atoms with Gasteiger partial charge in [-0.1, -0.05) is 19.9 Å². The van der Waals surface area contributed by atoms with Gasteiger partial charge in [-0.3, -0.25) is 9.78 Å². The third kappa shape index (κ3) is 2.84. The average molecular weight is 232 g/mol. The van der Waals surface area contributed by atoms with E-state index in [1.54, 1.807) is 6.20 Å². The number of carbonyl (C=O) groups excluding carboxylic acids is 1. The van der Waals surface area contributed by atoms with Crippen LogP contribution >= 0.6 is 0 Å². The van der Waals surface area contributed by atoms with Gasteiger partial charge >= 0.3 is 0 Å². The topological polar surface area (TPSA) is 42.0 Å². The molecule has 0 radical (unpaired) electrons. The highest BCUT2D eigenvalue weighted by atomic mass is 16.1. The van der Waals surface area contributed by atoms with Crippen LogP contribution < -0.4 is 5.32 Å². The lowest BCUT2D eigenvalue weighted by Crippen LogP contribution is -2.34. The Hall–Kier alpha value is -1.38. The summed E-state index contributed by atoms with van der Waals surface area (Å²) >= 11 is 0. The van der Waals surface area contributed by atoms with Crippen LogP contribution in [-0.4, -0.2) is 16.9 Å². The maximum Gasteiger partial charge on any atom is 0.270 e. The zero-order valence-electron chi connectivity index (χ0n) is 10.8. The Morgan fingerprint density at radius 2 is 2.29 bits per heavy atom. The standard InChI is InChI=1S/C14H20N2O/c1-10-5-4-8-15-12(10)13(17)16-11-6-7-14(2,3)9-11/h4-5,8,11H,6-7,9H2,1-3H3,(H,16,17). The highest BCUT2D eigenvalue weighted by Crippen LogP contribution is 2.36. The Kier molecular flexibility index (Phi) is 3.18. The van der Waals surface area contributed by atoms with E-state index in [0.29, 0.717) is 17.2 Å². The van der Waals surface area contributed by atoms with Crippen molar-refractivity contribution in [2.24, 2.45) is 5.41 Å². The van der Waals surface area contributed by atoms with Crippen molar-refractivity contribution in [3.63, 3.8) is 0 Å². The second-order valence-electron chi connectivity index (χ2n) is 5.75. The van der Waals surface area contributed by atoms with E-state index in [1.807, 2.05) is 19.1 Å². The predicted molar refractivity (Wildman–Crippen MR) is 67.9 cm³/mol. The number of pyridine rings is 1. The number of rotatable bonds is 2. The lowest BCUT2D eigenvalue weighted by Gasteiger charge is -2.18. The molecule has 1 aromatic heterocycles. The SMILES string of the molecule is Cc1cccnc1C(=O)NC1CCC(C)(C)C1. The summed E-state index contributed by atoms with van der Waals surface area (Å²) in [4.78, 5) is 16.2. The van der Waals surface area contributed by atoms with E-state index in [9.17, 15) is 4.79 Å². The van der Waals surface area contributed by atoms with Crippen LogP contribution in [0.5, 0.6) is 0 Å². The summed E-state index contributed by atoms with van der Waals surface area (Å²) in [5, 5.41) is 3.09. The number of amides is 1. The van der Waals surface area contributed by atoms with Crippen molar-refractivity contribution in [2.45, 2.75) is 46.1 Å². The molecule has 0 spiro atoms. The van der Waals surface area contributed by atoms with Crippen molar-refractivity contribution in [2.75, 3.05) is 0 Å². The van der Waals surface area contributed by atoms with Gasteiger partial charge in [0.2, 0.25) is 0 Å². The van der Waals surface area contributed by atoms with Crippen LogP contribution in [0.15, 0.2) is 18.3 Å². The number of hydrogen-bond acceptors (Lipinski definition) is 2. The van der Waals surface area contributed by atoms with Crippen LogP contribution in [0.3, 0.4) is 0 Å². The van der Waals surface area contributed by atoms with Crippen molar-refractivity contribution in [1.82, 2.24) is 10.3 Å². The van der Waals surface area contributed by atoms with E-state index < -0.39 is 0 Å². The minimum absolute atomic E-state index is 0.0363. The number of aromatic nitrogens is 1. The maximum absolute atomic E-state index is 12.1. The lowest BCUT2D eigenvalue weighted by atomic mass is 9.92. The normalized spacial score (nSPS) is 22.4. The van der Waals surface area contributed by atoms with Crippen LogP contribution in [0, 0.1) is 12.3 Å². The molecule has 1 fully saturated rings. The van der Waals surface area contributed by atoms with E-state index in [0.717, 1.165) is 18.4 Å². The summed E-state index contributed by atoms with van der Waals surface area (Å²) in [5.74, 6) is -0.0363. The van der Waals surface area contributed by atoms with Gasteiger partial charge in [-0.15, -0.1) is 0 Å². The molecule has 0 bridgehead atoms. The van der Waals surface area contributed by atoms with Gasteiger partial charge in [0.25, 0.3) is 5.91 Å². The molecule has 3 nitrogen and oxygen atoms in total. The van der Waals surface area contributed by atoms with Crippen molar-refractivity contribution in [3.05, 3.63) is 29.6 Å². The molecule has 1 saturated carbocycles. The molecule has 1 atom stereocenters. The molecular weight excluding hydrogens is 212 g/mol. The Balaban J connectivity index is 2.01. The van der Waals surface area contributed by atoms with Gasteiger partial charge in [-0.25, -0.2) is 0 Å². The first-order valence-electron chi connectivity index (χ1n) is 6.20. The molecule has 1 aliphatic carbocycles. The molecule has 92 valence electrons. The number of aryl methyl sites for hydroxylation is 1. The van der Waals surface area contributed by atoms with E-state index in [4.69, 9.17) is 0 Å². The van der Waals surface area contributed by atoms with Gasteiger partial charge < -0.3 is 5.32 Å². The second kappa shape index (κ2) is 4.47. The fraction of sp³-hybridized carbons (Fsp3) is 0.571. The molecular formula is C14H20N2O. The Labute approximate surface area is 103 Å². The van der Waals surface area contributed by atoms with Gasteiger partial charge in [0.15, 0.2) is 0 Å². The summed E-state index contributed by atoms with van der Waals surface area (Å²) in [5.41, 5.74) is 1.84. The molecule has 0 saturated heterocycles. The molecule has 17 heavy (non-hydrogen) atoms. The van der Waals surface area contributed by atoms with Crippen molar-refractivity contribution in [3.8, 4) is 0 Å². The number of carbonyl (C=O) groups is 1. The van der Waals surface area contributed by atoms with Crippen LogP contribution in [0.2, 0.25) is 0 Å². The highest BCUT2D eigenvalue weighted by molar-refractivity contribution is 5.93. The molecule has 1 N–H and O–H groups in total. The van der Waals surface area contributed by atoms with Gasteiger partial charge in [0.1, 0.15) is 5.69 Å². The molecule has 0 aliphatic heterocycles. The smallest absolute Gasteiger partial charge is 0.270 e. The van der Waals surface area contributed by atoms with Gasteiger partial charge in [0.05, 0.1) is 0 Å². The molecule has 2 rings (SSSR count). The van der Waals surface area contributed by atoms with Crippen molar-refractivity contribution < 1.29 is 4.79 Å². The molecule has 1 aliphatic rings. The summed E-state index contributed by atoms with van der Waals surface area (Å²) in [6, 6.07) is 4.07. The first-order chi connectivity index (χ1) is 7.98. The molecule has 1 heterocycles. The largest absolute Gasteiger partial charge is 0.348 e. The number of hydrogen-bond donors (Lipinski definition) is 1. The lowest BCUT2D eigenvalue weighted by molar-refractivity contribution is 0.0930. The van der Waals surface area contributed by atoms with Gasteiger partial charge in [-0.2, -0.15) is 0 Å². The molecule has 1 unspecified atom stereocenters.